The molecule has 0 spiro atoms. The summed E-state index contributed by atoms with van der Waals surface area (Å²) in [4.78, 5) is 4.50. The topological polar surface area (TPSA) is 71.2 Å². The number of benzene rings is 1. The summed E-state index contributed by atoms with van der Waals surface area (Å²) >= 11 is 0. The predicted molar refractivity (Wildman–Crippen MR) is 67.7 cm³/mol. The third-order valence-corrected chi connectivity index (χ3v) is 4.03. The van der Waals surface area contributed by atoms with Crippen molar-refractivity contribution >= 4 is 0 Å². The normalized spacial score (nSPS) is 29.0. The molecule has 3 atom stereocenters. The van der Waals surface area contributed by atoms with E-state index in [4.69, 9.17) is 4.52 Å². The monoisotopic (exact) mass is 257 g/mol. The van der Waals surface area contributed by atoms with E-state index in [1.807, 2.05) is 6.07 Å². The first-order valence-electron chi connectivity index (χ1n) is 6.64. The maximum atomic E-state index is 9.51. The number of fused-ring (bicyclic) bond motifs is 1. The quantitative estimate of drug-likeness (QED) is 0.844. The standard InChI is InChI=1S/C14H15N3O2/c18-9-6-12(15-7-9)14-16-13(17-19-14)11-5-8-3-1-2-4-10(8)11/h1-4,9,11-12,15,18H,5-7H2/t9?,11?,12-/m0/s1. The lowest BCUT2D eigenvalue weighted by Crippen LogP contribution is -2.19. The van der Waals surface area contributed by atoms with E-state index in [-0.39, 0.29) is 18.1 Å². The number of hydrogen-bond donors (Lipinski definition) is 2. The van der Waals surface area contributed by atoms with Crippen molar-refractivity contribution in [3.63, 3.8) is 0 Å². The van der Waals surface area contributed by atoms with Crippen molar-refractivity contribution in [3.8, 4) is 0 Å². The lowest BCUT2D eigenvalue weighted by molar-refractivity contribution is 0.191. The fourth-order valence-electron chi connectivity index (χ4n) is 2.92. The molecular weight excluding hydrogens is 242 g/mol. The number of nitrogens with one attached hydrogen (secondary N) is 1. The van der Waals surface area contributed by atoms with Gasteiger partial charge >= 0.3 is 0 Å². The summed E-state index contributed by atoms with van der Waals surface area (Å²) < 4.78 is 5.33. The van der Waals surface area contributed by atoms with E-state index in [1.54, 1.807) is 0 Å². The second-order valence-corrected chi connectivity index (χ2v) is 5.30. The van der Waals surface area contributed by atoms with Gasteiger partial charge in [0.05, 0.1) is 18.1 Å². The number of aliphatic hydroxyl groups excluding tert-OH is 1. The van der Waals surface area contributed by atoms with Crippen molar-refractivity contribution in [3.05, 3.63) is 47.1 Å². The van der Waals surface area contributed by atoms with Crippen molar-refractivity contribution in [1.29, 1.82) is 0 Å². The lowest BCUT2D eigenvalue weighted by atomic mass is 9.77. The molecule has 1 aromatic carbocycles. The zero-order valence-corrected chi connectivity index (χ0v) is 10.4. The minimum absolute atomic E-state index is 0.00781. The zero-order valence-electron chi connectivity index (χ0n) is 10.4. The van der Waals surface area contributed by atoms with Gasteiger partial charge in [0.25, 0.3) is 0 Å². The van der Waals surface area contributed by atoms with Crippen LogP contribution in [0.5, 0.6) is 0 Å². The van der Waals surface area contributed by atoms with Crippen LogP contribution in [0, 0.1) is 0 Å². The number of rotatable bonds is 2. The highest BCUT2D eigenvalue weighted by Crippen LogP contribution is 2.38. The highest BCUT2D eigenvalue weighted by Gasteiger charge is 2.33. The molecule has 98 valence electrons. The summed E-state index contributed by atoms with van der Waals surface area (Å²) in [6.07, 6.45) is 1.31. The second-order valence-electron chi connectivity index (χ2n) is 5.30. The van der Waals surface area contributed by atoms with Crippen LogP contribution < -0.4 is 5.32 Å². The summed E-state index contributed by atoms with van der Waals surface area (Å²) in [7, 11) is 0. The second kappa shape index (κ2) is 4.15. The number of nitrogens with zero attached hydrogens (tertiary/aromatic N) is 2. The van der Waals surface area contributed by atoms with E-state index < -0.39 is 0 Å². The number of aliphatic hydroxyl groups is 1. The van der Waals surface area contributed by atoms with Crippen molar-refractivity contribution < 1.29 is 9.63 Å². The highest BCUT2D eigenvalue weighted by atomic mass is 16.5. The molecule has 2 aliphatic rings. The van der Waals surface area contributed by atoms with E-state index in [0.717, 1.165) is 12.2 Å². The Hall–Kier alpha value is -1.72. The number of β-amino-alcohol motifs (C(OH)–C–C–N with tert-alkyl or cyclic N) is 1. The molecule has 5 heteroatoms. The molecule has 1 aliphatic carbocycles. The third kappa shape index (κ3) is 1.77. The SMILES string of the molecule is OC1CN[C@H](c2nc(C3Cc4ccccc43)no2)C1. The molecule has 5 nitrogen and oxygen atoms in total. The fraction of sp³-hybridized carbons (Fsp3) is 0.429. The molecule has 1 aromatic heterocycles. The van der Waals surface area contributed by atoms with E-state index in [0.29, 0.717) is 18.9 Å². The van der Waals surface area contributed by atoms with Crippen LogP contribution in [0.2, 0.25) is 0 Å². The fourth-order valence-corrected chi connectivity index (χ4v) is 2.92. The average molecular weight is 257 g/mol. The van der Waals surface area contributed by atoms with Crippen LogP contribution in [-0.2, 0) is 6.42 Å². The molecule has 0 amide bonds. The van der Waals surface area contributed by atoms with Crippen LogP contribution in [-0.4, -0.2) is 27.9 Å². The Morgan fingerprint density at radius 1 is 1.32 bits per heavy atom. The van der Waals surface area contributed by atoms with Crippen molar-refractivity contribution in [2.75, 3.05) is 6.54 Å². The summed E-state index contributed by atoms with van der Waals surface area (Å²) in [5, 5.41) is 16.8. The highest BCUT2D eigenvalue weighted by molar-refractivity contribution is 5.43. The Balaban J connectivity index is 1.57. The summed E-state index contributed by atoms with van der Waals surface area (Å²) in [6, 6.07) is 8.35. The molecule has 0 saturated carbocycles. The molecule has 2 N–H and O–H groups in total. The van der Waals surface area contributed by atoms with Crippen LogP contribution in [0.3, 0.4) is 0 Å². The Labute approximate surface area is 110 Å². The Bertz CT molecular complexity index is 610. The first kappa shape index (κ1) is 11.1. The van der Waals surface area contributed by atoms with Crippen LogP contribution >= 0.6 is 0 Å². The smallest absolute Gasteiger partial charge is 0.243 e. The largest absolute Gasteiger partial charge is 0.392 e. The Kier molecular flexibility index (Phi) is 2.43. The molecule has 1 aliphatic heterocycles. The lowest BCUT2D eigenvalue weighted by Gasteiger charge is -2.27. The third-order valence-electron chi connectivity index (χ3n) is 4.03. The zero-order chi connectivity index (χ0) is 12.8. The van der Waals surface area contributed by atoms with Gasteiger partial charge in [0.2, 0.25) is 5.89 Å². The Morgan fingerprint density at radius 2 is 2.21 bits per heavy atom. The minimum Gasteiger partial charge on any atom is -0.392 e. The van der Waals surface area contributed by atoms with Gasteiger partial charge in [-0.25, -0.2) is 0 Å². The van der Waals surface area contributed by atoms with Crippen molar-refractivity contribution in [2.45, 2.75) is 30.9 Å². The van der Waals surface area contributed by atoms with Gasteiger partial charge in [-0.3, -0.25) is 0 Å². The molecule has 19 heavy (non-hydrogen) atoms. The summed E-state index contributed by atoms with van der Waals surface area (Å²) in [6.45, 7) is 0.592. The van der Waals surface area contributed by atoms with Gasteiger partial charge in [-0.2, -0.15) is 4.98 Å². The maximum absolute atomic E-state index is 9.51. The molecule has 0 bridgehead atoms. The average Bonchev–Trinajstić information content (AvgIpc) is 3.00. The Morgan fingerprint density at radius 3 is 3.00 bits per heavy atom. The van der Waals surface area contributed by atoms with Gasteiger partial charge in [0.1, 0.15) is 0 Å². The molecular formula is C14H15N3O2. The first-order valence-corrected chi connectivity index (χ1v) is 6.64. The molecule has 1 fully saturated rings. The van der Waals surface area contributed by atoms with Gasteiger partial charge in [0.15, 0.2) is 5.82 Å². The first-order chi connectivity index (χ1) is 9.31. The molecule has 1 saturated heterocycles. The van der Waals surface area contributed by atoms with Crippen LogP contribution in [0.25, 0.3) is 0 Å². The van der Waals surface area contributed by atoms with E-state index >= 15 is 0 Å². The molecule has 0 radical (unpaired) electrons. The molecule has 2 heterocycles. The van der Waals surface area contributed by atoms with Crippen LogP contribution in [0.1, 0.15) is 41.2 Å². The molecule has 2 aromatic rings. The van der Waals surface area contributed by atoms with Gasteiger partial charge in [-0.1, -0.05) is 29.4 Å². The van der Waals surface area contributed by atoms with E-state index in [9.17, 15) is 5.11 Å². The van der Waals surface area contributed by atoms with Crippen molar-refractivity contribution in [1.82, 2.24) is 15.5 Å². The molecule has 2 unspecified atom stereocenters. The van der Waals surface area contributed by atoms with Gasteiger partial charge in [-0.15, -0.1) is 0 Å². The summed E-state index contributed by atoms with van der Waals surface area (Å²) in [5.74, 6) is 1.62. The maximum Gasteiger partial charge on any atom is 0.243 e. The molecule has 4 rings (SSSR count). The van der Waals surface area contributed by atoms with Gasteiger partial charge in [0, 0.05) is 6.54 Å². The predicted octanol–water partition coefficient (Wildman–Crippen LogP) is 1.15. The van der Waals surface area contributed by atoms with E-state index in [2.05, 4.69) is 33.7 Å². The van der Waals surface area contributed by atoms with Crippen LogP contribution in [0.15, 0.2) is 28.8 Å². The number of hydrogen-bond acceptors (Lipinski definition) is 5. The summed E-state index contributed by atoms with van der Waals surface area (Å²) in [5.41, 5.74) is 2.67. The van der Waals surface area contributed by atoms with Gasteiger partial charge in [-0.05, 0) is 24.0 Å². The van der Waals surface area contributed by atoms with Crippen LogP contribution in [0.4, 0.5) is 0 Å². The van der Waals surface area contributed by atoms with Crippen molar-refractivity contribution in [2.24, 2.45) is 0 Å². The minimum atomic E-state index is -0.315. The van der Waals surface area contributed by atoms with Gasteiger partial charge < -0.3 is 14.9 Å². The number of aromatic nitrogens is 2. The van der Waals surface area contributed by atoms with E-state index in [1.165, 1.54) is 11.1 Å².